The van der Waals surface area contributed by atoms with Gasteiger partial charge in [-0.05, 0) is 44.0 Å². The maximum absolute atomic E-state index is 13.9. The number of carbonyl (C=O) groups is 2. The molecule has 32 heavy (non-hydrogen) atoms. The Morgan fingerprint density at radius 2 is 1.84 bits per heavy atom. The number of hydrazone groups is 1. The minimum absolute atomic E-state index is 0.0749. The Kier molecular flexibility index (Phi) is 6.30. The molecule has 2 amide bonds. The van der Waals surface area contributed by atoms with Crippen LogP contribution in [0.1, 0.15) is 40.3 Å². The Morgan fingerprint density at radius 3 is 2.62 bits per heavy atom. The number of carbonyl (C=O) groups excluding carboxylic acids is 2. The summed E-state index contributed by atoms with van der Waals surface area (Å²) in [6.07, 6.45) is 2.04. The summed E-state index contributed by atoms with van der Waals surface area (Å²) in [6, 6.07) is 14.9. The number of rotatable bonds is 6. The zero-order chi connectivity index (χ0) is 22.5. The summed E-state index contributed by atoms with van der Waals surface area (Å²) in [6.45, 7) is 1.58. The number of anilines is 1. The lowest BCUT2D eigenvalue weighted by molar-refractivity contribution is -0.123. The van der Waals surface area contributed by atoms with Crippen LogP contribution in [0.5, 0.6) is 5.75 Å². The molecular formula is C24H22FN3O4. The van der Waals surface area contributed by atoms with Gasteiger partial charge < -0.3 is 14.5 Å². The Balaban J connectivity index is 1.47. The van der Waals surface area contributed by atoms with Crippen molar-refractivity contribution in [3.05, 3.63) is 83.1 Å². The number of furan rings is 1. The van der Waals surface area contributed by atoms with Gasteiger partial charge in [0, 0.05) is 17.5 Å². The van der Waals surface area contributed by atoms with Crippen LogP contribution in [-0.4, -0.2) is 24.1 Å². The molecule has 0 bridgehead atoms. The van der Waals surface area contributed by atoms with Gasteiger partial charge in [0.05, 0.1) is 11.4 Å². The summed E-state index contributed by atoms with van der Waals surface area (Å²) in [7, 11) is 0. The van der Waals surface area contributed by atoms with Gasteiger partial charge in [-0.3, -0.25) is 9.59 Å². The van der Waals surface area contributed by atoms with E-state index in [0.717, 1.165) is 6.42 Å². The summed E-state index contributed by atoms with van der Waals surface area (Å²) < 4.78 is 25.1. The zero-order valence-corrected chi connectivity index (χ0v) is 17.5. The van der Waals surface area contributed by atoms with Crippen molar-refractivity contribution in [3.63, 3.8) is 0 Å². The molecule has 4 rings (SSSR count). The van der Waals surface area contributed by atoms with Gasteiger partial charge in [-0.1, -0.05) is 30.3 Å². The van der Waals surface area contributed by atoms with Crippen molar-refractivity contribution >= 4 is 23.2 Å². The number of amides is 2. The number of ether oxygens (including phenoxy) is 1. The molecule has 1 heterocycles. The van der Waals surface area contributed by atoms with Crippen molar-refractivity contribution in [1.82, 2.24) is 5.43 Å². The van der Waals surface area contributed by atoms with Crippen LogP contribution >= 0.6 is 0 Å². The molecule has 1 aliphatic carbocycles. The van der Waals surface area contributed by atoms with Gasteiger partial charge in [0.2, 0.25) is 0 Å². The summed E-state index contributed by atoms with van der Waals surface area (Å²) >= 11 is 0. The highest BCUT2D eigenvalue weighted by Crippen LogP contribution is 2.30. The molecule has 0 spiro atoms. The fraction of sp³-hybridized carbons (Fsp3) is 0.208. The van der Waals surface area contributed by atoms with Crippen LogP contribution in [0.15, 0.2) is 64.1 Å². The van der Waals surface area contributed by atoms with E-state index in [1.165, 1.54) is 12.1 Å². The SMILES string of the molecule is Cc1c(C(=O)Nc2ccccc2F)oc2c1/C(=N/NC(=O)COc1ccccc1)CCC2. The Morgan fingerprint density at radius 1 is 1.09 bits per heavy atom. The summed E-state index contributed by atoms with van der Waals surface area (Å²) in [4.78, 5) is 24.8. The fourth-order valence-corrected chi connectivity index (χ4v) is 3.57. The van der Waals surface area contributed by atoms with E-state index in [4.69, 9.17) is 9.15 Å². The Labute approximate surface area is 184 Å². The largest absolute Gasteiger partial charge is 0.484 e. The zero-order valence-electron chi connectivity index (χ0n) is 17.5. The smallest absolute Gasteiger partial charge is 0.291 e. The number of fused-ring (bicyclic) bond motifs is 1. The molecule has 0 saturated carbocycles. The van der Waals surface area contributed by atoms with Gasteiger partial charge in [-0.15, -0.1) is 0 Å². The highest BCUT2D eigenvalue weighted by molar-refractivity contribution is 6.09. The van der Waals surface area contributed by atoms with Crippen molar-refractivity contribution in [2.45, 2.75) is 26.2 Å². The van der Waals surface area contributed by atoms with E-state index >= 15 is 0 Å². The summed E-state index contributed by atoms with van der Waals surface area (Å²) in [5.41, 5.74) is 4.52. The fourth-order valence-electron chi connectivity index (χ4n) is 3.57. The van der Waals surface area contributed by atoms with E-state index in [9.17, 15) is 14.0 Å². The van der Waals surface area contributed by atoms with Gasteiger partial charge in [-0.25, -0.2) is 9.82 Å². The van der Waals surface area contributed by atoms with E-state index in [1.54, 1.807) is 31.2 Å². The van der Waals surface area contributed by atoms with E-state index < -0.39 is 17.6 Å². The number of benzene rings is 2. The molecule has 2 N–H and O–H groups in total. The van der Waals surface area contributed by atoms with E-state index in [-0.39, 0.29) is 18.1 Å². The second-order valence-corrected chi connectivity index (χ2v) is 7.34. The van der Waals surface area contributed by atoms with E-state index in [2.05, 4.69) is 15.8 Å². The first kappa shape index (κ1) is 21.3. The number of nitrogens with one attached hydrogen (secondary N) is 2. The van der Waals surface area contributed by atoms with Crippen LogP contribution in [0.2, 0.25) is 0 Å². The molecule has 0 aliphatic heterocycles. The first-order chi connectivity index (χ1) is 15.5. The van der Waals surface area contributed by atoms with Crippen molar-refractivity contribution in [3.8, 4) is 5.75 Å². The molecule has 0 atom stereocenters. The maximum atomic E-state index is 13.9. The number of para-hydroxylation sites is 2. The molecular weight excluding hydrogens is 413 g/mol. The third-order valence-corrected chi connectivity index (χ3v) is 5.08. The van der Waals surface area contributed by atoms with Crippen molar-refractivity contribution in [1.29, 1.82) is 0 Å². The molecule has 7 nitrogen and oxygen atoms in total. The minimum Gasteiger partial charge on any atom is -0.484 e. The summed E-state index contributed by atoms with van der Waals surface area (Å²) in [5, 5.41) is 6.79. The molecule has 164 valence electrons. The number of hydrogen-bond acceptors (Lipinski definition) is 5. The van der Waals surface area contributed by atoms with Gasteiger partial charge in [0.1, 0.15) is 17.3 Å². The molecule has 0 saturated heterocycles. The average Bonchev–Trinajstić information content (AvgIpc) is 3.15. The first-order valence-corrected chi connectivity index (χ1v) is 10.2. The van der Waals surface area contributed by atoms with Crippen LogP contribution in [0.3, 0.4) is 0 Å². The van der Waals surface area contributed by atoms with Crippen LogP contribution in [0.4, 0.5) is 10.1 Å². The molecule has 0 radical (unpaired) electrons. The highest BCUT2D eigenvalue weighted by Gasteiger charge is 2.28. The monoisotopic (exact) mass is 435 g/mol. The third-order valence-electron chi connectivity index (χ3n) is 5.08. The second kappa shape index (κ2) is 9.47. The second-order valence-electron chi connectivity index (χ2n) is 7.34. The predicted octanol–water partition coefficient (Wildman–Crippen LogP) is 4.22. The van der Waals surface area contributed by atoms with Crippen LogP contribution in [0, 0.1) is 12.7 Å². The van der Waals surface area contributed by atoms with E-state index in [0.29, 0.717) is 41.2 Å². The van der Waals surface area contributed by atoms with Gasteiger partial charge in [-0.2, -0.15) is 5.10 Å². The minimum atomic E-state index is -0.540. The summed E-state index contributed by atoms with van der Waals surface area (Å²) in [5.74, 6) is -0.148. The number of nitrogens with zero attached hydrogens (tertiary/aromatic N) is 1. The predicted molar refractivity (Wildman–Crippen MR) is 117 cm³/mol. The number of halogens is 1. The number of hydrogen-bond donors (Lipinski definition) is 2. The maximum Gasteiger partial charge on any atom is 0.291 e. The van der Waals surface area contributed by atoms with Gasteiger partial charge in [0.25, 0.3) is 11.8 Å². The molecule has 8 heteroatoms. The first-order valence-electron chi connectivity index (χ1n) is 10.2. The molecule has 0 unspecified atom stereocenters. The normalized spacial score (nSPS) is 14.0. The molecule has 3 aromatic rings. The average molecular weight is 435 g/mol. The Hall–Kier alpha value is -3.94. The lowest BCUT2D eigenvalue weighted by atomic mass is 9.93. The molecule has 0 fully saturated rings. The topological polar surface area (TPSA) is 92.9 Å². The standard InChI is InChI=1S/C24H22FN3O4/c1-15-22-19(27-28-21(29)14-31-16-8-3-2-4-9-16)12-7-13-20(22)32-23(15)24(30)26-18-11-6-5-10-17(18)25/h2-6,8-11H,7,12-14H2,1H3,(H,26,30)(H,28,29)/b27-19+. The van der Waals surface area contributed by atoms with Gasteiger partial charge in [0.15, 0.2) is 12.4 Å². The molecule has 1 aromatic heterocycles. The molecule has 1 aliphatic rings. The van der Waals surface area contributed by atoms with Crippen LogP contribution in [-0.2, 0) is 11.2 Å². The quantitative estimate of drug-likeness (QED) is 0.567. The van der Waals surface area contributed by atoms with Crippen LogP contribution in [0.25, 0.3) is 0 Å². The van der Waals surface area contributed by atoms with Crippen LogP contribution < -0.4 is 15.5 Å². The molecule has 2 aromatic carbocycles. The van der Waals surface area contributed by atoms with Crippen molar-refractivity contribution < 1.29 is 23.1 Å². The lowest BCUT2D eigenvalue weighted by Gasteiger charge is -2.13. The highest BCUT2D eigenvalue weighted by atomic mass is 19.1. The third kappa shape index (κ3) is 4.69. The van der Waals surface area contributed by atoms with Gasteiger partial charge >= 0.3 is 0 Å². The Bertz CT molecular complexity index is 1170. The van der Waals surface area contributed by atoms with E-state index in [1.807, 2.05) is 18.2 Å². The number of aryl methyl sites for hydroxylation is 1. The van der Waals surface area contributed by atoms with Crippen molar-refractivity contribution in [2.75, 3.05) is 11.9 Å². The van der Waals surface area contributed by atoms with Crippen molar-refractivity contribution in [2.24, 2.45) is 5.10 Å². The lowest BCUT2D eigenvalue weighted by Crippen LogP contribution is -2.27.